The zero-order valence-electron chi connectivity index (χ0n) is 11.6. The molecule has 1 aliphatic heterocycles. The number of likely N-dealkylation sites (N-methyl/N-ethyl adjacent to an activating group) is 1. The van der Waals surface area contributed by atoms with Crippen LogP contribution in [0.3, 0.4) is 0 Å². The Morgan fingerprint density at radius 1 is 1.16 bits per heavy atom. The van der Waals surface area contributed by atoms with Gasteiger partial charge in [0.15, 0.2) is 0 Å². The molecule has 19 heavy (non-hydrogen) atoms. The number of carboxylic acids is 1. The third-order valence-corrected chi connectivity index (χ3v) is 4.55. The van der Waals surface area contributed by atoms with E-state index in [2.05, 4.69) is 5.32 Å². The average molecular weight is 268 g/mol. The lowest BCUT2D eigenvalue weighted by Gasteiger charge is -2.37. The van der Waals surface area contributed by atoms with Crippen LogP contribution in [0.1, 0.15) is 44.9 Å². The number of hydrogen-bond donors (Lipinski definition) is 2. The monoisotopic (exact) mass is 268 g/mol. The molecule has 108 valence electrons. The molecule has 1 aliphatic carbocycles. The third-order valence-electron chi connectivity index (χ3n) is 4.55. The van der Waals surface area contributed by atoms with Crippen molar-refractivity contribution in [3.05, 3.63) is 0 Å². The first-order valence-corrected chi connectivity index (χ1v) is 7.35. The number of aliphatic carboxylic acids is 1. The van der Waals surface area contributed by atoms with E-state index in [-0.39, 0.29) is 11.9 Å². The van der Waals surface area contributed by atoms with E-state index in [4.69, 9.17) is 0 Å². The van der Waals surface area contributed by atoms with Crippen LogP contribution in [0.15, 0.2) is 0 Å². The van der Waals surface area contributed by atoms with Gasteiger partial charge < -0.3 is 10.4 Å². The molecule has 1 saturated heterocycles. The van der Waals surface area contributed by atoms with Crippen molar-refractivity contribution in [2.24, 2.45) is 5.92 Å². The van der Waals surface area contributed by atoms with Gasteiger partial charge in [-0.05, 0) is 38.1 Å². The van der Waals surface area contributed by atoms with E-state index >= 15 is 0 Å². The molecular weight excluding hydrogens is 244 g/mol. The topological polar surface area (TPSA) is 69.6 Å². The Morgan fingerprint density at radius 2 is 1.84 bits per heavy atom. The molecule has 2 rings (SSSR count). The number of rotatable bonds is 4. The lowest BCUT2D eigenvalue weighted by molar-refractivity contribution is -0.145. The number of carbonyl (C=O) groups excluding carboxylic acids is 1. The summed E-state index contributed by atoms with van der Waals surface area (Å²) in [6, 6.07) is -0.738. The summed E-state index contributed by atoms with van der Waals surface area (Å²) in [5.41, 5.74) is 0. The number of amides is 1. The SMILES string of the molecule is CNC(=O)C(C1CCCCC1)N1CCCC1C(=O)O. The Balaban J connectivity index is 2.16. The maximum absolute atomic E-state index is 12.2. The first-order chi connectivity index (χ1) is 9.15. The molecule has 1 amide bonds. The molecule has 0 radical (unpaired) electrons. The molecular formula is C14H24N2O3. The van der Waals surface area contributed by atoms with Crippen LogP contribution in [-0.2, 0) is 9.59 Å². The molecule has 0 spiro atoms. The van der Waals surface area contributed by atoms with Crippen molar-refractivity contribution >= 4 is 11.9 Å². The molecule has 1 heterocycles. The van der Waals surface area contributed by atoms with Crippen LogP contribution >= 0.6 is 0 Å². The Bertz CT molecular complexity index is 340. The van der Waals surface area contributed by atoms with Gasteiger partial charge in [0.25, 0.3) is 0 Å². The Labute approximate surface area is 114 Å². The van der Waals surface area contributed by atoms with E-state index in [0.717, 1.165) is 38.6 Å². The quantitative estimate of drug-likeness (QED) is 0.804. The van der Waals surface area contributed by atoms with E-state index in [1.165, 1.54) is 6.42 Å². The number of carbonyl (C=O) groups is 2. The van der Waals surface area contributed by atoms with E-state index < -0.39 is 12.0 Å². The van der Waals surface area contributed by atoms with E-state index in [1.54, 1.807) is 7.05 Å². The van der Waals surface area contributed by atoms with Crippen molar-refractivity contribution in [3.8, 4) is 0 Å². The van der Waals surface area contributed by atoms with Crippen LogP contribution in [0.25, 0.3) is 0 Å². The summed E-state index contributed by atoms with van der Waals surface area (Å²) in [5, 5.41) is 12.0. The minimum absolute atomic E-state index is 0.0138. The van der Waals surface area contributed by atoms with Gasteiger partial charge in [0.1, 0.15) is 6.04 Å². The van der Waals surface area contributed by atoms with Crippen molar-refractivity contribution in [2.75, 3.05) is 13.6 Å². The fourth-order valence-corrected chi connectivity index (χ4v) is 3.62. The van der Waals surface area contributed by atoms with Crippen LogP contribution in [0.5, 0.6) is 0 Å². The largest absolute Gasteiger partial charge is 0.480 e. The van der Waals surface area contributed by atoms with Crippen molar-refractivity contribution in [3.63, 3.8) is 0 Å². The molecule has 0 bridgehead atoms. The predicted molar refractivity (Wildman–Crippen MR) is 71.8 cm³/mol. The molecule has 5 nitrogen and oxygen atoms in total. The number of carboxylic acid groups (broad SMARTS) is 1. The maximum Gasteiger partial charge on any atom is 0.320 e. The fourth-order valence-electron chi connectivity index (χ4n) is 3.62. The highest BCUT2D eigenvalue weighted by Crippen LogP contribution is 2.32. The summed E-state index contributed by atoms with van der Waals surface area (Å²) < 4.78 is 0. The normalized spacial score (nSPS) is 27.1. The van der Waals surface area contributed by atoms with E-state index in [9.17, 15) is 14.7 Å². The summed E-state index contributed by atoms with van der Waals surface area (Å²) in [4.78, 5) is 25.5. The van der Waals surface area contributed by atoms with Gasteiger partial charge in [0.2, 0.25) is 5.91 Å². The van der Waals surface area contributed by atoms with Crippen LogP contribution in [0, 0.1) is 5.92 Å². The van der Waals surface area contributed by atoms with Gasteiger partial charge in [0, 0.05) is 7.05 Å². The van der Waals surface area contributed by atoms with Gasteiger partial charge in [-0.3, -0.25) is 14.5 Å². The Hall–Kier alpha value is -1.10. The molecule has 2 fully saturated rings. The van der Waals surface area contributed by atoms with E-state index in [1.807, 2.05) is 4.90 Å². The highest BCUT2D eigenvalue weighted by Gasteiger charge is 2.42. The second kappa shape index (κ2) is 6.37. The lowest BCUT2D eigenvalue weighted by atomic mass is 9.82. The summed E-state index contributed by atoms with van der Waals surface area (Å²) in [6.07, 6.45) is 7.17. The zero-order valence-corrected chi connectivity index (χ0v) is 11.6. The van der Waals surface area contributed by atoms with E-state index in [0.29, 0.717) is 12.3 Å². The van der Waals surface area contributed by atoms with Crippen molar-refractivity contribution in [2.45, 2.75) is 57.0 Å². The van der Waals surface area contributed by atoms with Gasteiger partial charge in [0.05, 0.1) is 6.04 Å². The highest BCUT2D eigenvalue weighted by molar-refractivity contribution is 5.83. The van der Waals surface area contributed by atoms with Crippen LogP contribution in [0.4, 0.5) is 0 Å². The molecule has 2 N–H and O–H groups in total. The Morgan fingerprint density at radius 3 is 2.42 bits per heavy atom. The predicted octanol–water partition coefficient (Wildman–Crippen LogP) is 1.23. The standard InChI is InChI=1S/C14H24N2O3/c1-15-13(17)12(10-6-3-2-4-7-10)16-9-5-8-11(16)14(18)19/h10-12H,2-9H2,1H3,(H,15,17)(H,18,19). The third kappa shape index (κ3) is 3.08. The highest BCUT2D eigenvalue weighted by atomic mass is 16.4. The van der Waals surface area contributed by atoms with Gasteiger partial charge in [-0.1, -0.05) is 19.3 Å². The fraction of sp³-hybridized carbons (Fsp3) is 0.857. The summed E-state index contributed by atoms with van der Waals surface area (Å²) in [6.45, 7) is 0.728. The second-order valence-corrected chi connectivity index (χ2v) is 5.69. The number of hydrogen-bond acceptors (Lipinski definition) is 3. The number of nitrogens with one attached hydrogen (secondary N) is 1. The number of nitrogens with zero attached hydrogens (tertiary/aromatic N) is 1. The maximum atomic E-state index is 12.2. The molecule has 2 unspecified atom stereocenters. The molecule has 0 aromatic carbocycles. The molecule has 1 saturated carbocycles. The van der Waals surface area contributed by atoms with Crippen LogP contribution in [-0.4, -0.2) is 47.6 Å². The van der Waals surface area contributed by atoms with Gasteiger partial charge in [-0.25, -0.2) is 0 Å². The first-order valence-electron chi connectivity index (χ1n) is 7.35. The summed E-state index contributed by atoms with van der Waals surface area (Å²) in [7, 11) is 1.64. The van der Waals surface area contributed by atoms with Gasteiger partial charge in [-0.2, -0.15) is 0 Å². The van der Waals surface area contributed by atoms with Crippen molar-refractivity contribution in [1.29, 1.82) is 0 Å². The first kappa shape index (κ1) is 14.3. The lowest BCUT2D eigenvalue weighted by Crippen LogP contribution is -2.54. The molecule has 0 aromatic rings. The summed E-state index contributed by atoms with van der Waals surface area (Å²) >= 11 is 0. The minimum Gasteiger partial charge on any atom is -0.480 e. The summed E-state index contributed by atoms with van der Waals surface area (Å²) in [5.74, 6) is -0.490. The average Bonchev–Trinajstić information content (AvgIpc) is 2.89. The van der Waals surface area contributed by atoms with Gasteiger partial charge in [-0.15, -0.1) is 0 Å². The molecule has 5 heteroatoms. The van der Waals surface area contributed by atoms with Crippen molar-refractivity contribution < 1.29 is 14.7 Å². The van der Waals surface area contributed by atoms with Gasteiger partial charge >= 0.3 is 5.97 Å². The zero-order chi connectivity index (χ0) is 13.8. The molecule has 2 atom stereocenters. The minimum atomic E-state index is -0.790. The molecule has 2 aliphatic rings. The number of likely N-dealkylation sites (tertiary alicyclic amines) is 1. The second-order valence-electron chi connectivity index (χ2n) is 5.69. The molecule has 0 aromatic heterocycles. The van der Waals surface area contributed by atoms with Crippen LogP contribution in [0.2, 0.25) is 0 Å². The Kier molecular flexibility index (Phi) is 4.80. The van der Waals surface area contributed by atoms with Crippen molar-refractivity contribution in [1.82, 2.24) is 10.2 Å². The smallest absolute Gasteiger partial charge is 0.320 e. The van der Waals surface area contributed by atoms with Crippen LogP contribution < -0.4 is 5.32 Å².